The van der Waals surface area contributed by atoms with Gasteiger partial charge in [0, 0.05) is 43.4 Å². The fourth-order valence-corrected chi connectivity index (χ4v) is 3.64. The van der Waals surface area contributed by atoms with Crippen molar-refractivity contribution in [1.29, 1.82) is 0 Å². The van der Waals surface area contributed by atoms with Crippen molar-refractivity contribution < 1.29 is 9.53 Å². The molecule has 2 aromatic heterocycles. The summed E-state index contributed by atoms with van der Waals surface area (Å²) in [4.78, 5) is 27.4. The van der Waals surface area contributed by atoms with Crippen LogP contribution in [0.25, 0.3) is 0 Å². The Bertz CT molecular complexity index is 752. The van der Waals surface area contributed by atoms with Gasteiger partial charge in [-0.15, -0.1) is 0 Å². The maximum absolute atomic E-state index is 12.8. The minimum atomic E-state index is -0.0781. The number of carbonyl (C=O) groups is 1. The highest BCUT2D eigenvalue weighted by atomic mass is 16.5. The molecule has 7 heteroatoms. The van der Waals surface area contributed by atoms with Crippen LogP contribution in [0.2, 0.25) is 0 Å². The molecule has 130 valence electrons. The molecule has 0 bridgehead atoms. The number of aromatic nitrogens is 3. The summed E-state index contributed by atoms with van der Waals surface area (Å²) < 4.78 is 5.73. The molecule has 0 aliphatic carbocycles. The molecular formula is C18H21N5O2. The molecule has 0 unspecified atom stereocenters. The van der Waals surface area contributed by atoms with Crippen LogP contribution in [0.3, 0.4) is 0 Å². The number of likely N-dealkylation sites (tertiary alicyclic amines) is 1. The Hall–Kier alpha value is -2.54. The highest BCUT2D eigenvalue weighted by Gasteiger charge is 2.51. The summed E-state index contributed by atoms with van der Waals surface area (Å²) in [6, 6.07) is 5.79. The molecule has 4 rings (SSSR count). The molecule has 0 aromatic carbocycles. The van der Waals surface area contributed by atoms with Crippen LogP contribution in [0.5, 0.6) is 0 Å². The Morgan fingerprint density at radius 3 is 3.04 bits per heavy atom. The third-order valence-electron chi connectivity index (χ3n) is 5.09. The topological polar surface area (TPSA) is 80.2 Å². The number of nitrogens with one attached hydrogen (secondary N) is 1. The Morgan fingerprint density at radius 1 is 1.36 bits per heavy atom. The number of nitrogens with zero attached hydrogens (tertiary/aromatic N) is 4. The van der Waals surface area contributed by atoms with Crippen molar-refractivity contribution in [2.45, 2.75) is 6.92 Å². The van der Waals surface area contributed by atoms with Crippen LogP contribution in [-0.4, -0.2) is 58.6 Å². The lowest BCUT2D eigenvalue weighted by atomic mass is 9.81. The molecule has 7 nitrogen and oxygen atoms in total. The first-order valence-corrected chi connectivity index (χ1v) is 8.47. The Labute approximate surface area is 146 Å². The number of anilines is 1. The van der Waals surface area contributed by atoms with E-state index in [0.717, 1.165) is 18.1 Å². The van der Waals surface area contributed by atoms with Crippen LogP contribution >= 0.6 is 0 Å². The van der Waals surface area contributed by atoms with Crippen molar-refractivity contribution >= 4 is 11.7 Å². The van der Waals surface area contributed by atoms with Crippen molar-refractivity contribution in [2.24, 2.45) is 11.3 Å². The van der Waals surface area contributed by atoms with Gasteiger partial charge in [-0.05, 0) is 19.1 Å². The molecule has 1 N–H and O–H groups in total. The smallest absolute Gasteiger partial charge is 0.274 e. The average Bonchev–Trinajstić information content (AvgIpc) is 3.18. The number of hydrogen-bond acceptors (Lipinski definition) is 6. The van der Waals surface area contributed by atoms with Gasteiger partial charge in [-0.1, -0.05) is 6.07 Å². The second-order valence-corrected chi connectivity index (χ2v) is 6.87. The van der Waals surface area contributed by atoms with Crippen LogP contribution in [-0.2, 0) is 4.74 Å². The standard InChI is InChI=1S/C18H21N5O2/c1-13-6-21-15(7-20-13)17(24)23-8-14-9-25-12-18(14,11-23)10-22-16-4-2-3-5-19-16/h2-7,14H,8-12H2,1H3,(H,19,22)/t14-,18+/m1/s1. The zero-order chi connectivity index (χ0) is 17.3. The largest absolute Gasteiger partial charge is 0.380 e. The summed E-state index contributed by atoms with van der Waals surface area (Å²) in [5, 5.41) is 3.40. The zero-order valence-electron chi connectivity index (χ0n) is 14.2. The minimum absolute atomic E-state index is 0.0564. The number of pyridine rings is 1. The minimum Gasteiger partial charge on any atom is -0.380 e. The van der Waals surface area contributed by atoms with Crippen LogP contribution in [0, 0.1) is 18.3 Å². The van der Waals surface area contributed by atoms with Gasteiger partial charge in [-0.25, -0.2) is 9.97 Å². The van der Waals surface area contributed by atoms with Crippen LogP contribution in [0.4, 0.5) is 5.82 Å². The van der Waals surface area contributed by atoms with Gasteiger partial charge in [0.2, 0.25) is 0 Å². The molecule has 2 aliphatic heterocycles. The van der Waals surface area contributed by atoms with E-state index in [4.69, 9.17) is 4.74 Å². The number of amides is 1. The Morgan fingerprint density at radius 2 is 2.28 bits per heavy atom. The molecule has 0 radical (unpaired) electrons. The van der Waals surface area contributed by atoms with Gasteiger partial charge in [0.1, 0.15) is 11.5 Å². The second kappa shape index (κ2) is 6.40. The van der Waals surface area contributed by atoms with Crippen molar-refractivity contribution in [3.8, 4) is 0 Å². The average molecular weight is 339 g/mol. The van der Waals surface area contributed by atoms with E-state index in [1.54, 1.807) is 18.6 Å². The van der Waals surface area contributed by atoms with Gasteiger partial charge in [0.05, 0.1) is 25.1 Å². The lowest BCUT2D eigenvalue weighted by Gasteiger charge is -2.27. The summed E-state index contributed by atoms with van der Waals surface area (Å²) in [5.41, 5.74) is 1.13. The summed E-state index contributed by atoms with van der Waals surface area (Å²) in [7, 11) is 0. The quantitative estimate of drug-likeness (QED) is 0.906. The first kappa shape index (κ1) is 16.0. The van der Waals surface area contributed by atoms with Crippen LogP contribution in [0.1, 0.15) is 16.2 Å². The summed E-state index contributed by atoms with van der Waals surface area (Å²) in [6.45, 7) is 5.29. The zero-order valence-corrected chi connectivity index (χ0v) is 14.2. The van der Waals surface area contributed by atoms with Crippen molar-refractivity contribution in [2.75, 3.05) is 38.2 Å². The van der Waals surface area contributed by atoms with E-state index in [0.29, 0.717) is 37.9 Å². The van der Waals surface area contributed by atoms with E-state index in [9.17, 15) is 4.79 Å². The number of hydrogen-bond donors (Lipinski definition) is 1. The highest BCUT2D eigenvalue weighted by Crippen LogP contribution is 2.41. The highest BCUT2D eigenvalue weighted by molar-refractivity contribution is 5.92. The Balaban J connectivity index is 1.47. The fraction of sp³-hybridized carbons (Fsp3) is 0.444. The molecule has 2 saturated heterocycles. The first-order chi connectivity index (χ1) is 12.2. The molecule has 1 amide bonds. The lowest BCUT2D eigenvalue weighted by Crippen LogP contribution is -2.39. The summed E-state index contributed by atoms with van der Waals surface area (Å²) in [5.74, 6) is 1.11. The van der Waals surface area contributed by atoms with E-state index < -0.39 is 0 Å². The van der Waals surface area contributed by atoms with Crippen molar-refractivity contribution in [3.05, 3.63) is 48.2 Å². The molecule has 2 aromatic rings. The summed E-state index contributed by atoms with van der Waals surface area (Å²) >= 11 is 0. The Kier molecular flexibility index (Phi) is 4.09. The molecule has 2 fully saturated rings. The second-order valence-electron chi connectivity index (χ2n) is 6.87. The number of carbonyl (C=O) groups excluding carboxylic acids is 1. The van der Waals surface area contributed by atoms with Gasteiger partial charge >= 0.3 is 0 Å². The van der Waals surface area contributed by atoms with Gasteiger partial charge in [-0.3, -0.25) is 9.78 Å². The van der Waals surface area contributed by atoms with E-state index >= 15 is 0 Å². The van der Waals surface area contributed by atoms with E-state index in [-0.39, 0.29) is 11.3 Å². The third kappa shape index (κ3) is 3.07. The number of aryl methyl sites for hydroxylation is 1. The number of rotatable bonds is 4. The predicted molar refractivity (Wildman–Crippen MR) is 92.1 cm³/mol. The molecule has 2 aliphatic rings. The third-order valence-corrected chi connectivity index (χ3v) is 5.09. The molecule has 0 spiro atoms. The monoisotopic (exact) mass is 339 g/mol. The first-order valence-electron chi connectivity index (χ1n) is 8.47. The molecule has 0 saturated carbocycles. The van der Waals surface area contributed by atoms with Crippen molar-refractivity contribution in [1.82, 2.24) is 19.9 Å². The van der Waals surface area contributed by atoms with E-state index in [2.05, 4.69) is 20.3 Å². The van der Waals surface area contributed by atoms with Gasteiger partial charge < -0.3 is 15.0 Å². The van der Waals surface area contributed by atoms with Gasteiger partial charge in [0.25, 0.3) is 5.91 Å². The number of fused-ring (bicyclic) bond motifs is 1. The fourth-order valence-electron chi connectivity index (χ4n) is 3.64. The summed E-state index contributed by atoms with van der Waals surface area (Å²) in [6.07, 6.45) is 4.95. The molecule has 4 heterocycles. The van der Waals surface area contributed by atoms with E-state index in [1.807, 2.05) is 30.0 Å². The number of ether oxygens (including phenoxy) is 1. The normalized spacial score (nSPS) is 25.0. The maximum Gasteiger partial charge on any atom is 0.274 e. The maximum atomic E-state index is 12.8. The molecular weight excluding hydrogens is 318 g/mol. The molecule has 25 heavy (non-hydrogen) atoms. The van der Waals surface area contributed by atoms with E-state index in [1.165, 1.54) is 0 Å². The van der Waals surface area contributed by atoms with Crippen LogP contribution < -0.4 is 5.32 Å². The van der Waals surface area contributed by atoms with Crippen molar-refractivity contribution in [3.63, 3.8) is 0 Å². The molecule has 2 atom stereocenters. The lowest BCUT2D eigenvalue weighted by molar-refractivity contribution is 0.0719. The van der Waals surface area contributed by atoms with Gasteiger partial charge in [0.15, 0.2) is 0 Å². The van der Waals surface area contributed by atoms with Crippen LogP contribution in [0.15, 0.2) is 36.8 Å². The SMILES string of the molecule is Cc1cnc(C(=O)N2C[C@@H]3COC[C@]3(CNc3ccccn3)C2)cn1. The van der Waals surface area contributed by atoms with Gasteiger partial charge in [-0.2, -0.15) is 0 Å². The predicted octanol–water partition coefficient (Wildman–Crippen LogP) is 1.38.